The van der Waals surface area contributed by atoms with Crippen LogP contribution >= 0.6 is 0 Å². The number of amides is 1. The number of piperazine rings is 1. The molecule has 0 bridgehead atoms. The predicted octanol–water partition coefficient (Wildman–Crippen LogP) is 3.26. The molecule has 0 aromatic heterocycles. The highest BCUT2D eigenvalue weighted by Crippen LogP contribution is 2.21. The molecule has 1 aliphatic rings. The Balaban J connectivity index is 1.54. The van der Waals surface area contributed by atoms with Gasteiger partial charge >= 0.3 is 0 Å². The average Bonchev–Trinajstić information content (AvgIpc) is 2.69. The zero-order chi connectivity index (χ0) is 19.4. The van der Waals surface area contributed by atoms with Gasteiger partial charge in [0, 0.05) is 49.9 Å². The predicted molar refractivity (Wildman–Crippen MR) is 101 cm³/mol. The van der Waals surface area contributed by atoms with Crippen LogP contribution < -0.4 is 4.90 Å². The van der Waals surface area contributed by atoms with E-state index < -0.39 is 4.92 Å². The molecule has 1 saturated heterocycles. The lowest BCUT2D eigenvalue weighted by Crippen LogP contribution is -2.50. The fraction of sp³-hybridized carbons (Fsp3) is 0.350. The first-order chi connectivity index (χ1) is 12.9. The Morgan fingerprint density at radius 2 is 1.67 bits per heavy atom. The van der Waals surface area contributed by atoms with Crippen molar-refractivity contribution in [1.29, 1.82) is 0 Å². The van der Waals surface area contributed by atoms with Crippen molar-refractivity contribution in [2.75, 3.05) is 31.1 Å². The zero-order valence-electron chi connectivity index (χ0n) is 15.2. The smallest absolute Gasteiger partial charge is 0.269 e. The minimum Gasteiger partial charge on any atom is -0.368 e. The summed E-state index contributed by atoms with van der Waals surface area (Å²) < 4.78 is 13.0. The summed E-state index contributed by atoms with van der Waals surface area (Å²) in [4.78, 5) is 27.0. The minimum atomic E-state index is -0.414. The standard InChI is InChI=1S/C20H22FN3O3/c1-15(14-16-2-4-17(21)5-3-16)20(25)23-12-10-22(11-13-23)18-6-8-19(9-7-18)24(26)27/h2-9,15H,10-14H2,1H3. The van der Waals surface area contributed by atoms with Crippen LogP contribution in [0.3, 0.4) is 0 Å². The van der Waals surface area contributed by atoms with Crippen LogP contribution in [0.1, 0.15) is 12.5 Å². The van der Waals surface area contributed by atoms with Crippen molar-refractivity contribution in [3.8, 4) is 0 Å². The molecule has 0 radical (unpaired) electrons. The van der Waals surface area contributed by atoms with E-state index in [9.17, 15) is 19.3 Å². The molecule has 7 heteroatoms. The Morgan fingerprint density at radius 1 is 1.07 bits per heavy atom. The largest absolute Gasteiger partial charge is 0.368 e. The topological polar surface area (TPSA) is 66.7 Å². The molecule has 0 N–H and O–H groups in total. The number of non-ortho nitro benzene ring substituents is 1. The van der Waals surface area contributed by atoms with E-state index in [0.717, 1.165) is 11.3 Å². The zero-order valence-corrected chi connectivity index (χ0v) is 15.2. The Labute approximate surface area is 157 Å². The van der Waals surface area contributed by atoms with E-state index in [1.165, 1.54) is 24.3 Å². The highest BCUT2D eigenvalue weighted by Gasteiger charge is 2.25. The van der Waals surface area contributed by atoms with Crippen molar-refractivity contribution in [1.82, 2.24) is 4.90 Å². The number of hydrogen-bond donors (Lipinski definition) is 0. The Hall–Kier alpha value is -2.96. The second kappa shape index (κ2) is 8.16. The number of carbonyl (C=O) groups excluding carboxylic acids is 1. The van der Waals surface area contributed by atoms with Crippen molar-refractivity contribution < 1.29 is 14.1 Å². The van der Waals surface area contributed by atoms with Crippen LogP contribution in [-0.4, -0.2) is 41.9 Å². The molecule has 1 aliphatic heterocycles. The summed E-state index contributed by atoms with van der Waals surface area (Å²) in [6.45, 7) is 4.50. The molecule has 2 aromatic rings. The maximum absolute atomic E-state index is 13.0. The highest BCUT2D eigenvalue weighted by molar-refractivity contribution is 5.79. The third kappa shape index (κ3) is 4.61. The summed E-state index contributed by atoms with van der Waals surface area (Å²) in [5.41, 5.74) is 1.94. The number of nitrogens with zero attached hydrogens (tertiary/aromatic N) is 3. The van der Waals surface area contributed by atoms with Gasteiger partial charge in [-0.1, -0.05) is 19.1 Å². The molecule has 0 saturated carbocycles. The van der Waals surface area contributed by atoms with Crippen LogP contribution in [0.5, 0.6) is 0 Å². The molecule has 1 unspecified atom stereocenters. The van der Waals surface area contributed by atoms with Gasteiger partial charge in [0.2, 0.25) is 5.91 Å². The molecule has 1 heterocycles. The van der Waals surface area contributed by atoms with Crippen molar-refractivity contribution in [2.24, 2.45) is 5.92 Å². The normalized spacial score (nSPS) is 15.5. The van der Waals surface area contributed by atoms with Crippen LogP contribution in [-0.2, 0) is 11.2 Å². The third-order valence-electron chi connectivity index (χ3n) is 4.89. The van der Waals surface area contributed by atoms with Gasteiger partial charge in [0.05, 0.1) is 4.92 Å². The van der Waals surface area contributed by atoms with E-state index in [-0.39, 0.29) is 23.3 Å². The number of nitro benzene ring substituents is 1. The summed E-state index contributed by atoms with van der Waals surface area (Å²) in [6, 6.07) is 12.7. The number of carbonyl (C=O) groups is 1. The van der Waals surface area contributed by atoms with Gasteiger partial charge in [0.15, 0.2) is 0 Å². The SMILES string of the molecule is CC(Cc1ccc(F)cc1)C(=O)N1CCN(c2ccc([N+](=O)[O-])cc2)CC1. The van der Waals surface area contributed by atoms with E-state index in [1.807, 2.05) is 11.8 Å². The van der Waals surface area contributed by atoms with E-state index in [1.54, 1.807) is 24.3 Å². The second-order valence-corrected chi connectivity index (χ2v) is 6.82. The maximum Gasteiger partial charge on any atom is 0.269 e. The van der Waals surface area contributed by atoms with Gasteiger partial charge in [0.25, 0.3) is 5.69 Å². The Morgan fingerprint density at radius 3 is 2.22 bits per heavy atom. The number of rotatable bonds is 5. The lowest BCUT2D eigenvalue weighted by Gasteiger charge is -2.37. The monoisotopic (exact) mass is 371 g/mol. The van der Waals surface area contributed by atoms with E-state index in [2.05, 4.69) is 4.90 Å². The molecule has 0 aliphatic carbocycles. The van der Waals surface area contributed by atoms with E-state index in [0.29, 0.717) is 32.6 Å². The quantitative estimate of drug-likeness (QED) is 0.598. The van der Waals surface area contributed by atoms with Gasteiger partial charge in [-0.3, -0.25) is 14.9 Å². The number of nitro groups is 1. The molecule has 0 spiro atoms. The Bertz CT molecular complexity index is 800. The van der Waals surface area contributed by atoms with Gasteiger partial charge in [-0.25, -0.2) is 4.39 Å². The summed E-state index contributed by atoms with van der Waals surface area (Å²) >= 11 is 0. The fourth-order valence-corrected chi connectivity index (χ4v) is 3.34. The first kappa shape index (κ1) is 18.8. The number of anilines is 1. The molecule has 1 atom stereocenters. The maximum atomic E-state index is 13.0. The first-order valence-electron chi connectivity index (χ1n) is 8.96. The van der Waals surface area contributed by atoms with Crippen molar-refractivity contribution >= 4 is 17.3 Å². The number of benzene rings is 2. The van der Waals surface area contributed by atoms with Crippen molar-refractivity contribution in [3.63, 3.8) is 0 Å². The fourth-order valence-electron chi connectivity index (χ4n) is 3.34. The van der Waals surface area contributed by atoms with Gasteiger partial charge in [-0.15, -0.1) is 0 Å². The van der Waals surface area contributed by atoms with Crippen molar-refractivity contribution in [3.05, 3.63) is 70.0 Å². The van der Waals surface area contributed by atoms with Gasteiger partial charge < -0.3 is 9.80 Å². The van der Waals surface area contributed by atoms with Crippen LogP contribution in [0.15, 0.2) is 48.5 Å². The second-order valence-electron chi connectivity index (χ2n) is 6.82. The van der Waals surface area contributed by atoms with Crippen LogP contribution in [0, 0.1) is 21.8 Å². The first-order valence-corrected chi connectivity index (χ1v) is 8.96. The minimum absolute atomic E-state index is 0.0715. The summed E-state index contributed by atoms with van der Waals surface area (Å²) in [6.07, 6.45) is 0.585. The molecule has 1 amide bonds. The molecular formula is C20H22FN3O3. The number of hydrogen-bond acceptors (Lipinski definition) is 4. The van der Waals surface area contributed by atoms with E-state index >= 15 is 0 Å². The van der Waals surface area contributed by atoms with Crippen LogP contribution in [0.2, 0.25) is 0 Å². The molecule has 27 heavy (non-hydrogen) atoms. The number of halogens is 1. The molecule has 2 aromatic carbocycles. The molecule has 1 fully saturated rings. The molecule has 6 nitrogen and oxygen atoms in total. The lowest BCUT2D eigenvalue weighted by molar-refractivity contribution is -0.384. The van der Waals surface area contributed by atoms with Gasteiger partial charge in [-0.2, -0.15) is 0 Å². The summed E-state index contributed by atoms with van der Waals surface area (Å²) in [5, 5.41) is 10.7. The lowest BCUT2D eigenvalue weighted by atomic mass is 9.99. The van der Waals surface area contributed by atoms with Gasteiger partial charge in [-0.05, 0) is 36.2 Å². The molecular weight excluding hydrogens is 349 g/mol. The van der Waals surface area contributed by atoms with Crippen LogP contribution in [0.4, 0.5) is 15.8 Å². The summed E-state index contributed by atoms with van der Waals surface area (Å²) in [5.74, 6) is -0.343. The van der Waals surface area contributed by atoms with Crippen molar-refractivity contribution in [2.45, 2.75) is 13.3 Å². The molecule has 142 valence electrons. The van der Waals surface area contributed by atoms with Gasteiger partial charge in [0.1, 0.15) is 5.82 Å². The molecule has 3 rings (SSSR count). The van der Waals surface area contributed by atoms with E-state index in [4.69, 9.17) is 0 Å². The van der Waals surface area contributed by atoms with Crippen LogP contribution in [0.25, 0.3) is 0 Å². The average molecular weight is 371 g/mol. The Kier molecular flexibility index (Phi) is 5.69. The third-order valence-corrected chi connectivity index (χ3v) is 4.89. The highest BCUT2D eigenvalue weighted by atomic mass is 19.1. The summed E-state index contributed by atoms with van der Waals surface area (Å²) in [7, 11) is 0.